The number of hydroxylamine groups is 2. The Hall–Kier alpha value is -0.730. The minimum atomic E-state index is 0.695. The summed E-state index contributed by atoms with van der Waals surface area (Å²) in [7, 11) is 0. The molecule has 0 aromatic heterocycles. The van der Waals surface area contributed by atoms with Crippen LogP contribution in [0.3, 0.4) is 0 Å². The number of para-hydroxylation sites is 1. The van der Waals surface area contributed by atoms with Gasteiger partial charge in [0.2, 0.25) is 0 Å². The Labute approximate surface area is 95.7 Å². The lowest BCUT2D eigenvalue weighted by atomic mass is 10.2. The summed E-state index contributed by atoms with van der Waals surface area (Å²) in [5.74, 6) is 0.807. The molecule has 1 aliphatic rings. The molecule has 0 radical (unpaired) electrons. The van der Waals surface area contributed by atoms with Crippen LogP contribution in [0.1, 0.15) is 24.8 Å². The quantitative estimate of drug-likeness (QED) is 0.765. The molecule has 3 heteroatoms. The number of benzene rings is 1. The summed E-state index contributed by atoms with van der Waals surface area (Å²) in [5.41, 5.74) is 1.09. The molecule has 82 valence electrons. The van der Waals surface area contributed by atoms with Crippen molar-refractivity contribution in [3.63, 3.8) is 0 Å². The third-order valence-corrected chi connectivity index (χ3v) is 3.00. The van der Waals surface area contributed by atoms with Crippen LogP contribution in [-0.4, -0.2) is 18.2 Å². The van der Waals surface area contributed by atoms with Gasteiger partial charge in [0.15, 0.2) is 5.75 Å². The molecule has 1 saturated heterocycles. The first-order valence-electron chi connectivity index (χ1n) is 5.45. The molecule has 0 saturated carbocycles. The number of hydrogen-bond acceptors (Lipinski definition) is 2. The maximum atomic E-state index is 6.10. The third kappa shape index (κ3) is 2.64. The minimum absolute atomic E-state index is 0.695. The van der Waals surface area contributed by atoms with E-state index in [0.717, 1.165) is 24.4 Å². The van der Waals surface area contributed by atoms with Crippen LogP contribution >= 0.6 is 11.6 Å². The zero-order chi connectivity index (χ0) is 10.7. The van der Waals surface area contributed by atoms with Crippen molar-refractivity contribution in [3.8, 4) is 5.75 Å². The molecule has 0 unspecified atom stereocenters. The van der Waals surface area contributed by atoms with Gasteiger partial charge in [-0.2, -0.15) is 0 Å². The average Bonchev–Trinajstić information content (AvgIpc) is 2.25. The molecular formula is C12H16ClNO. The lowest BCUT2D eigenvalue weighted by molar-refractivity contribution is -0.0724. The molecule has 1 fully saturated rings. The summed E-state index contributed by atoms with van der Waals surface area (Å²) in [4.78, 5) is 5.82. The van der Waals surface area contributed by atoms with Crippen molar-refractivity contribution in [2.45, 2.75) is 26.2 Å². The molecule has 1 aliphatic heterocycles. The van der Waals surface area contributed by atoms with Gasteiger partial charge in [-0.3, -0.25) is 0 Å². The largest absolute Gasteiger partial charge is 0.404 e. The van der Waals surface area contributed by atoms with Gasteiger partial charge in [0.05, 0.1) is 5.02 Å². The summed E-state index contributed by atoms with van der Waals surface area (Å²) < 4.78 is 0. The van der Waals surface area contributed by atoms with Crippen molar-refractivity contribution < 1.29 is 4.84 Å². The Morgan fingerprint density at radius 3 is 2.60 bits per heavy atom. The molecule has 1 aromatic carbocycles. The van der Waals surface area contributed by atoms with Crippen LogP contribution < -0.4 is 4.84 Å². The highest BCUT2D eigenvalue weighted by molar-refractivity contribution is 6.32. The van der Waals surface area contributed by atoms with Crippen molar-refractivity contribution in [3.05, 3.63) is 28.8 Å². The Balaban J connectivity index is 2.09. The Morgan fingerprint density at radius 2 is 1.93 bits per heavy atom. The second-order valence-corrected chi connectivity index (χ2v) is 4.37. The van der Waals surface area contributed by atoms with Crippen LogP contribution in [0.15, 0.2) is 18.2 Å². The molecule has 0 spiro atoms. The smallest absolute Gasteiger partial charge is 0.168 e. The predicted octanol–water partition coefficient (Wildman–Crippen LogP) is 3.43. The molecule has 0 amide bonds. The summed E-state index contributed by atoms with van der Waals surface area (Å²) in [6, 6.07) is 5.83. The van der Waals surface area contributed by atoms with E-state index in [1.807, 2.05) is 30.2 Å². The van der Waals surface area contributed by atoms with Crippen LogP contribution in [0, 0.1) is 6.92 Å². The molecule has 0 atom stereocenters. The average molecular weight is 226 g/mol. The first-order chi connectivity index (χ1) is 7.27. The van der Waals surface area contributed by atoms with E-state index in [1.165, 1.54) is 19.3 Å². The van der Waals surface area contributed by atoms with Gasteiger partial charge in [0, 0.05) is 13.1 Å². The lowest BCUT2D eigenvalue weighted by Crippen LogP contribution is -2.33. The second kappa shape index (κ2) is 4.86. The van der Waals surface area contributed by atoms with E-state index in [1.54, 1.807) is 0 Å². The molecule has 0 aliphatic carbocycles. The Bertz CT molecular complexity index is 314. The highest BCUT2D eigenvalue weighted by atomic mass is 35.5. The molecule has 1 aromatic rings. The van der Waals surface area contributed by atoms with Crippen LogP contribution in [0.2, 0.25) is 5.02 Å². The second-order valence-electron chi connectivity index (χ2n) is 3.97. The molecule has 2 rings (SSSR count). The van der Waals surface area contributed by atoms with E-state index in [4.69, 9.17) is 16.4 Å². The fourth-order valence-electron chi connectivity index (χ4n) is 1.82. The number of nitrogens with zero attached hydrogens (tertiary/aromatic N) is 1. The van der Waals surface area contributed by atoms with Crippen molar-refractivity contribution in [1.82, 2.24) is 5.06 Å². The Kier molecular flexibility index (Phi) is 3.49. The van der Waals surface area contributed by atoms with Gasteiger partial charge in [0.1, 0.15) is 0 Å². The number of hydrogen-bond donors (Lipinski definition) is 0. The summed E-state index contributed by atoms with van der Waals surface area (Å²) >= 11 is 6.10. The molecule has 0 N–H and O–H groups in total. The number of halogens is 1. The van der Waals surface area contributed by atoms with Crippen LogP contribution in [-0.2, 0) is 0 Å². The van der Waals surface area contributed by atoms with E-state index in [2.05, 4.69) is 0 Å². The van der Waals surface area contributed by atoms with Crippen molar-refractivity contribution >= 4 is 11.6 Å². The van der Waals surface area contributed by atoms with Crippen LogP contribution in [0.5, 0.6) is 5.75 Å². The van der Waals surface area contributed by atoms with Crippen LogP contribution in [0.4, 0.5) is 0 Å². The maximum absolute atomic E-state index is 6.10. The number of piperidine rings is 1. The van der Waals surface area contributed by atoms with Gasteiger partial charge in [-0.15, -0.1) is 5.06 Å². The fourth-order valence-corrected chi connectivity index (χ4v) is 2.07. The summed E-state index contributed by atoms with van der Waals surface area (Å²) in [6.07, 6.45) is 3.73. The van der Waals surface area contributed by atoms with Gasteiger partial charge in [-0.1, -0.05) is 30.2 Å². The van der Waals surface area contributed by atoms with E-state index in [0.29, 0.717) is 5.02 Å². The molecule has 15 heavy (non-hydrogen) atoms. The fraction of sp³-hybridized carbons (Fsp3) is 0.500. The summed E-state index contributed by atoms with van der Waals surface area (Å²) in [6.45, 7) is 4.03. The standard InChI is InChI=1S/C12H16ClNO/c1-10-6-5-7-11(13)12(10)15-14-8-3-2-4-9-14/h5-7H,2-4,8-9H2,1H3. The molecule has 0 bridgehead atoms. The van der Waals surface area contributed by atoms with Crippen molar-refractivity contribution in [2.24, 2.45) is 0 Å². The molecule has 1 heterocycles. The number of aryl methyl sites for hydroxylation is 1. The normalized spacial score (nSPS) is 17.7. The van der Waals surface area contributed by atoms with E-state index < -0.39 is 0 Å². The van der Waals surface area contributed by atoms with Crippen LogP contribution in [0.25, 0.3) is 0 Å². The predicted molar refractivity (Wildman–Crippen MR) is 62.2 cm³/mol. The zero-order valence-electron chi connectivity index (χ0n) is 9.00. The van der Waals surface area contributed by atoms with Crippen molar-refractivity contribution in [1.29, 1.82) is 0 Å². The van der Waals surface area contributed by atoms with Gasteiger partial charge in [0.25, 0.3) is 0 Å². The highest BCUT2D eigenvalue weighted by Crippen LogP contribution is 2.29. The SMILES string of the molecule is Cc1cccc(Cl)c1ON1CCCCC1. The van der Waals surface area contributed by atoms with Gasteiger partial charge in [-0.25, -0.2) is 0 Å². The summed E-state index contributed by atoms with van der Waals surface area (Å²) in [5, 5.41) is 2.71. The lowest BCUT2D eigenvalue weighted by Gasteiger charge is -2.27. The molecule has 2 nitrogen and oxygen atoms in total. The number of rotatable bonds is 2. The van der Waals surface area contributed by atoms with Gasteiger partial charge in [-0.05, 0) is 31.4 Å². The monoisotopic (exact) mass is 225 g/mol. The minimum Gasteiger partial charge on any atom is -0.404 e. The Morgan fingerprint density at radius 1 is 1.20 bits per heavy atom. The first-order valence-corrected chi connectivity index (χ1v) is 5.83. The van der Waals surface area contributed by atoms with E-state index in [9.17, 15) is 0 Å². The maximum Gasteiger partial charge on any atom is 0.168 e. The molecular weight excluding hydrogens is 210 g/mol. The highest BCUT2D eigenvalue weighted by Gasteiger charge is 2.14. The van der Waals surface area contributed by atoms with Gasteiger partial charge >= 0.3 is 0 Å². The van der Waals surface area contributed by atoms with E-state index >= 15 is 0 Å². The van der Waals surface area contributed by atoms with Gasteiger partial charge < -0.3 is 4.84 Å². The first kappa shape index (κ1) is 10.8. The van der Waals surface area contributed by atoms with E-state index in [-0.39, 0.29) is 0 Å². The van der Waals surface area contributed by atoms with Crippen molar-refractivity contribution in [2.75, 3.05) is 13.1 Å². The topological polar surface area (TPSA) is 12.5 Å². The zero-order valence-corrected chi connectivity index (χ0v) is 9.76. The third-order valence-electron chi connectivity index (χ3n) is 2.70.